The molecule has 2 aromatic carbocycles. The lowest BCUT2D eigenvalue weighted by atomic mass is 10.0. The summed E-state index contributed by atoms with van der Waals surface area (Å²) in [4.78, 5) is 12.7. The van der Waals surface area contributed by atoms with Gasteiger partial charge >= 0.3 is 0 Å². The summed E-state index contributed by atoms with van der Waals surface area (Å²) in [6, 6.07) is 12.2. The summed E-state index contributed by atoms with van der Waals surface area (Å²) < 4.78 is 7.87. The molecule has 174 valence electrons. The highest BCUT2D eigenvalue weighted by atomic mass is 32.2. The van der Waals surface area contributed by atoms with E-state index in [1.54, 1.807) is 6.08 Å². The molecule has 1 N–H and O–H groups in total. The molecule has 1 amide bonds. The summed E-state index contributed by atoms with van der Waals surface area (Å²) >= 11 is 1.36. The van der Waals surface area contributed by atoms with Gasteiger partial charge in [-0.1, -0.05) is 56.0 Å². The van der Waals surface area contributed by atoms with Gasteiger partial charge in [0.15, 0.2) is 11.0 Å². The number of benzene rings is 2. The minimum atomic E-state index is -0.0586. The highest BCUT2D eigenvalue weighted by Crippen LogP contribution is 2.24. The fourth-order valence-electron chi connectivity index (χ4n) is 3.51. The van der Waals surface area contributed by atoms with Crippen molar-refractivity contribution in [2.45, 2.75) is 58.8 Å². The number of ether oxygens (including phenoxy) is 1. The molecule has 0 fully saturated rings. The molecular weight excluding hydrogens is 432 g/mol. The average Bonchev–Trinajstić information content (AvgIpc) is 3.20. The topological polar surface area (TPSA) is 69.0 Å². The minimum absolute atomic E-state index is 0.0586. The molecule has 3 aromatic rings. The van der Waals surface area contributed by atoms with E-state index in [2.05, 4.69) is 61.9 Å². The smallest absolute Gasteiger partial charge is 0.234 e. The fraction of sp³-hybridized carbons (Fsp3) is 0.346. The molecule has 0 saturated heterocycles. The molecule has 0 aliphatic rings. The normalized spacial score (nSPS) is 10.8. The predicted molar refractivity (Wildman–Crippen MR) is 135 cm³/mol. The number of hydrogen-bond acceptors (Lipinski definition) is 5. The van der Waals surface area contributed by atoms with Crippen molar-refractivity contribution in [3.63, 3.8) is 0 Å². The van der Waals surface area contributed by atoms with Crippen LogP contribution in [0.15, 0.2) is 54.2 Å². The predicted octanol–water partition coefficient (Wildman–Crippen LogP) is 5.52. The number of nitrogens with one attached hydrogen (secondary N) is 1. The third kappa shape index (κ3) is 6.26. The molecule has 0 radical (unpaired) electrons. The van der Waals surface area contributed by atoms with Crippen molar-refractivity contribution < 1.29 is 9.53 Å². The van der Waals surface area contributed by atoms with Crippen molar-refractivity contribution in [2.24, 2.45) is 0 Å². The zero-order valence-corrected chi connectivity index (χ0v) is 20.7. The SMILES string of the molecule is C=CCn1c(COc2ccc(C)c(C)c2)nnc1SCC(=O)Nc1c(CC)cccc1CC. The second-order valence-electron chi connectivity index (χ2n) is 7.83. The Labute approximate surface area is 200 Å². The summed E-state index contributed by atoms with van der Waals surface area (Å²) in [6.45, 7) is 13.0. The van der Waals surface area contributed by atoms with Crippen LogP contribution >= 0.6 is 11.8 Å². The highest BCUT2D eigenvalue weighted by molar-refractivity contribution is 7.99. The number of para-hydroxylation sites is 1. The van der Waals surface area contributed by atoms with Crippen LogP contribution in [0.2, 0.25) is 0 Å². The Morgan fingerprint density at radius 3 is 2.48 bits per heavy atom. The standard InChI is InChI=1S/C26H32N4O2S/c1-6-14-30-23(16-32-22-13-12-18(4)19(5)15-22)28-29-26(30)33-17-24(31)27-25-20(7-2)10-9-11-21(25)8-3/h6,9-13,15H,1,7-8,14,16-17H2,2-5H3,(H,27,31). The van der Waals surface area contributed by atoms with Crippen molar-refractivity contribution in [3.8, 4) is 5.75 Å². The first kappa shape index (κ1) is 24.6. The fourth-order valence-corrected chi connectivity index (χ4v) is 4.27. The molecule has 0 saturated carbocycles. The minimum Gasteiger partial charge on any atom is -0.486 e. The van der Waals surface area contributed by atoms with E-state index < -0.39 is 0 Å². The van der Waals surface area contributed by atoms with Crippen LogP contribution in [0.25, 0.3) is 0 Å². The molecule has 1 aromatic heterocycles. The van der Waals surface area contributed by atoms with Crippen LogP contribution in [0, 0.1) is 13.8 Å². The molecule has 6 nitrogen and oxygen atoms in total. The van der Waals surface area contributed by atoms with Crippen molar-refractivity contribution >= 4 is 23.4 Å². The molecule has 33 heavy (non-hydrogen) atoms. The average molecular weight is 465 g/mol. The summed E-state index contributed by atoms with van der Waals surface area (Å²) in [5.41, 5.74) is 5.63. The van der Waals surface area contributed by atoms with E-state index in [9.17, 15) is 4.79 Å². The number of aryl methyl sites for hydroxylation is 4. The van der Waals surface area contributed by atoms with E-state index in [0.717, 1.165) is 35.4 Å². The van der Waals surface area contributed by atoms with Crippen LogP contribution in [-0.4, -0.2) is 26.4 Å². The van der Waals surface area contributed by atoms with Crippen LogP contribution in [0.3, 0.4) is 0 Å². The second-order valence-corrected chi connectivity index (χ2v) is 8.77. The maximum atomic E-state index is 12.7. The van der Waals surface area contributed by atoms with E-state index >= 15 is 0 Å². The van der Waals surface area contributed by atoms with Crippen molar-refractivity contribution in [1.82, 2.24) is 14.8 Å². The van der Waals surface area contributed by atoms with E-state index in [1.165, 1.54) is 22.9 Å². The van der Waals surface area contributed by atoms with Gasteiger partial charge < -0.3 is 10.1 Å². The van der Waals surface area contributed by atoms with Gasteiger partial charge in [0.2, 0.25) is 5.91 Å². The van der Waals surface area contributed by atoms with Gasteiger partial charge in [0, 0.05) is 12.2 Å². The van der Waals surface area contributed by atoms with Gasteiger partial charge in [0.25, 0.3) is 0 Å². The summed E-state index contributed by atoms with van der Waals surface area (Å²) in [5, 5.41) is 12.4. The number of thioether (sulfide) groups is 1. The van der Waals surface area contributed by atoms with Gasteiger partial charge in [0.1, 0.15) is 12.4 Å². The summed E-state index contributed by atoms with van der Waals surface area (Å²) in [5.74, 6) is 1.67. The summed E-state index contributed by atoms with van der Waals surface area (Å²) in [6.07, 6.45) is 3.53. The maximum absolute atomic E-state index is 12.7. The van der Waals surface area contributed by atoms with E-state index in [1.807, 2.05) is 28.8 Å². The Bertz CT molecular complexity index is 1100. The zero-order valence-electron chi connectivity index (χ0n) is 19.9. The largest absolute Gasteiger partial charge is 0.486 e. The maximum Gasteiger partial charge on any atom is 0.234 e. The molecule has 0 spiro atoms. The number of carbonyl (C=O) groups excluding carboxylic acids is 1. The van der Waals surface area contributed by atoms with Crippen molar-refractivity contribution in [2.75, 3.05) is 11.1 Å². The first-order valence-electron chi connectivity index (χ1n) is 11.2. The number of allylic oxidation sites excluding steroid dienone is 1. The van der Waals surface area contributed by atoms with Gasteiger partial charge in [-0.2, -0.15) is 0 Å². The highest BCUT2D eigenvalue weighted by Gasteiger charge is 2.16. The molecule has 0 unspecified atom stereocenters. The zero-order chi connectivity index (χ0) is 23.8. The number of rotatable bonds is 11. The lowest BCUT2D eigenvalue weighted by Crippen LogP contribution is -2.17. The Kier molecular flexibility index (Phi) is 8.72. The number of anilines is 1. The Hall–Kier alpha value is -3.06. The first-order chi connectivity index (χ1) is 16.0. The monoisotopic (exact) mass is 464 g/mol. The number of amides is 1. The molecule has 0 aliphatic carbocycles. The molecule has 0 aliphatic heterocycles. The molecule has 3 rings (SSSR count). The van der Waals surface area contributed by atoms with Crippen LogP contribution in [0.4, 0.5) is 5.69 Å². The number of aromatic nitrogens is 3. The van der Waals surface area contributed by atoms with Crippen LogP contribution in [-0.2, 0) is 30.8 Å². The second kappa shape index (κ2) is 11.7. The van der Waals surface area contributed by atoms with Crippen LogP contribution in [0.1, 0.15) is 41.9 Å². The molecule has 0 bridgehead atoms. The van der Waals surface area contributed by atoms with Gasteiger partial charge in [-0.15, -0.1) is 16.8 Å². The third-order valence-corrected chi connectivity index (χ3v) is 6.51. The van der Waals surface area contributed by atoms with Gasteiger partial charge in [-0.05, 0) is 61.1 Å². The lowest BCUT2D eigenvalue weighted by Gasteiger charge is -2.14. The van der Waals surface area contributed by atoms with E-state index in [-0.39, 0.29) is 11.7 Å². The molecule has 0 atom stereocenters. The van der Waals surface area contributed by atoms with Gasteiger partial charge in [-0.25, -0.2) is 0 Å². The molecule has 7 heteroatoms. The Balaban J connectivity index is 1.66. The third-order valence-electron chi connectivity index (χ3n) is 5.55. The molecular formula is C26H32N4O2S. The van der Waals surface area contributed by atoms with Crippen LogP contribution < -0.4 is 10.1 Å². The van der Waals surface area contributed by atoms with Crippen molar-refractivity contribution in [1.29, 1.82) is 0 Å². The molecule has 1 heterocycles. The van der Waals surface area contributed by atoms with Gasteiger partial charge in [0.05, 0.1) is 5.75 Å². The Morgan fingerprint density at radius 1 is 1.12 bits per heavy atom. The first-order valence-corrected chi connectivity index (χ1v) is 12.2. The number of hydrogen-bond donors (Lipinski definition) is 1. The van der Waals surface area contributed by atoms with Gasteiger partial charge in [-0.3, -0.25) is 9.36 Å². The lowest BCUT2D eigenvalue weighted by molar-refractivity contribution is -0.113. The van der Waals surface area contributed by atoms with Crippen LogP contribution in [0.5, 0.6) is 5.75 Å². The summed E-state index contributed by atoms with van der Waals surface area (Å²) in [7, 11) is 0. The van der Waals surface area contributed by atoms with Crippen molar-refractivity contribution in [3.05, 3.63) is 77.1 Å². The quantitative estimate of drug-likeness (QED) is 0.299. The number of carbonyl (C=O) groups is 1. The number of nitrogens with zero attached hydrogens (tertiary/aromatic N) is 3. The van der Waals surface area contributed by atoms with E-state index in [4.69, 9.17) is 4.74 Å². The Morgan fingerprint density at radius 2 is 1.85 bits per heavy atom. The van der Waals surface area contributed by atoms with E-state index in [0.29, 0.717) is 24.1 Å².